The van der Waals surface area contributed by atoms with Crippen molar-refractivity contribution in [3.63, 3.8) is 0 Å². The van der Waals surface area contributed by atoms with E-state index >= 15 is 0 Å². The molecule has 2 atom stereocenters. The molecule has 0 bridgehead atoms. The summed E-state index contributed by atoms with van der Waals surface area (Å²) in [5, 5.41) is 2.78. The van der Waals surface area contributed by atoms with Crippen molar-refractivity contribution < 1.29 is 9.53 Å². The lowest BCUT2D eigenvalue weighted by Crippen LogP contribution is -2.45. The number of aryl methyl sites for hydroxylation is 2. The summed E-state index contributed by atoms with van der Waals surface area (Å²) in [6.45, 7) is 9.09. The normalized spacial score (nSPS) is 19.8. The number of H-pyrrole nitrogens is 1. The summed E-state index contributed by atoms with van der Waals surface area (Å²) in [5.41, 5.74) is 1.25. The average molecular weight is 371 g/mol. The molecule has 0 aliphatic carbocycles. The van der Waals surface area contributed by atoms with Crippen molar-refractivity contribution >= 4 is 17.4 Å². The number of carbonyl (C=O) groups is 1. The van der Waals surface area contributed by atoms with E-state index in [9.17, 15) is 9.59 Å². The van der Waals surface area contributed by atoms with E-state index in [-0.39, 0.29) is 30.1 Å². The van der Waals surface area contributed by atoms with Crippen LogP contribution in [0.2, 0.25) is 0 Å². The van der Waals surface area contributed by atoms with Gasteiger partial charge in [0.25, 0.3) is 5.56 Å². The first kappa shape index (κ1) is 19.0. The van der Waals surface area contributed by atoms with Gasteiger partial charge >= 0.3 is 0 Å². The maximum absolute atomic E-state index is 12.3. The van der Waals surface area contributed by atoms with Crippen molar-refractivity contribution in [2.75, 3.05) is 23.3 Å². The van der Waals surface area contributed by atoms with E-state index in [1.165, 1.54) is 0 Å². The molecule has 3 heterocycles. The second kappa shape index (κ2) is 7.87. The topological polar surface area (TPSA) is 100 Å². The largest absolute Gasteiger partial charge is 0.372 e. The van der Waals surface area contributed by atoms with Crippen LogP contribution in [0.1, 0.15) is 30.9 Å². The second-order valence-electron chi connectivity index (χ2n) is 7.01. The number of hydrogen-bond donors (Lipinski definition) is 2. The maximum Gasteiger partial charge on any atom is 0.254 e. The SMILES string of the molecule is Cc1nc(C)c(CC(=O)Nc2ccc(N3C[C@H](C)O[C@@H](C)C3)nc2)c(=O)[nH]1. The zero-order valence-corrected chi connectivity index (χ0v) is 16.1. The maximum atomic E-state index is 12.3. The van der Waals surface area contributed by atoms with Crippen LogP contribution in [0.15, 0.2) is 23.1 Å². The number of rotatable bonds is 4. The minimum atomic E-state index is -0.280. The highest BCUT2D eigenvalue weighted by Crippen LogP contribution is 2.19. The van der Waals surface area contributed by atoms with E-state index < -0.39 is 0 Å². The highest BCUT2D eigenvalue weighted by atomic mass is 16.5. The molecule has 8 heteroatoms. The minimum absolute atomic E-state index is 0.0330. The Labute approximate surface area is 158 Å². The standard InChI is InChI=1S/C19H25N5O3/c1-11-9-24(10-12(2)27-11)17-6-5-15(8-20-17)23-18(25)7-16-13(3)21-14(4)22-19(16)26/h5-6,8,11-12H,7,9-10H2,1-4H3,(H,23,25)(H,21,22,26)/t11-,12-/m0/s1. The molecule has 27 heavy (non-hydrogen) atoms. The number of ether oxygens (including phenoxy) is 1. The highest BCUT2D eigenvalue weighted by Gasteiger charge is 2.23. The number of nitrogens with zero attached hydrogens (tertiary/aromatic N) is 3. The summed E-state index contributed by atoms with van der Waals surface area (Å²) in [5.74, 6) is 1.11. The average Bonchev–Trinajstić information content (AvgIpc) is 2.58. The third kappa shape index (κ3) is 4.71. The molecule has 1 saturated heterocycles. The fraction of sp³-hybridized carbons (Fsp3) is 0.474. The lowest BCUT2D eigenvalue weighted by Gasteiger charge is -2.36. The number of aromatic nitrogens is 3. The van der Waals surface area contributed by atoms with Gasteiger partial charge in [-0.2, -0.15) is 0 Å². The number of anilines is 2. The van der Waals surface area contributed by atoms with Gasteiger partial charge in [0.05, 0.1) is 30.5 Å². The summed E-state index contributed by atoms with van der Waals surface area (Å²) in [4.78, 5) is 37.8. The van der Waals surface area contributed by atoms with Gasteiger partial charge in [0, 0.05) is 24.3 Å². The summed E-state index contributed by atoms with van der Waals surface area (Å²) >= 11 is 0. The Bertz CT molecular complexity index is 868. The number of aromatic amines is 1. The molecule has 3 rings (SSSR count). The van der Waals surface area contributed by atoms with Crippen molar-refractivity contribution in [3.05, 3.63) is 45.8 Å². The molecule has 0 aromatic carbocycles. The molecule has 1 amide bonds. The van der Waals surface area contributed by atoms with E-state index in [4.69, 9.17) is 4.74 Å². The molecule has 0 radical (unpaired) electrons. The minimum Gasteiger partial charge on any atom is -0.372 e. The molecular formula is C19H25N5O3. The first-order valence-electron chi connectivity index (χ1n) is 9.04. The van der Waals surface area contributed by atoms with E-state index in [1.807, 2.05) is 26.0 Å². The van der Waals surface area contributed by atoms with Crippen molar-refractivity contribution in [2.45, 2.75) is 46.3 Å². The van der Waals surface area contributed by atoms with E-state index in [0.717, 1.165) is 18.9 Å². The fourth-order valence-electron chi connectivity index (χ4n) is 3.34. The van der Waals surface area contributed by atoms with Crippen LogP contribution in [0.3, 0.4) is 0 Å². The van der Waals surface area contributed by atoms with Gasteiger partial charge in [0.2, 0.25) is 5.91 Å². The quantitative estimate of drug-likeness (QED) is 0.846. The van der Waals surface area contributed by atoms with Crippen molar-refractivity contribution in [3.8, 4) is 0 Å². The lowest BCUT2D eigenvalue weighted by molar-refractivity contribution is -0.115. The van der Waals surface area contributed by atoms with Crippen LogP contribution >= 0.6 is 0 Å². The van der Waals surface area contributed by atoms with Crippen LogP contribution in [-0.4, -0.2) is 46.2 Å². The highest BCUT2D eigenvalue weighted by molar-refractivity contribution is 5.92. The van der Waals surface area contributed by atoms with Gasteiger partial charge in [0.15, 0.2) is 0 Å². The second-order valence-corrected chi connectivity index (χ2v) is 7.01. The van der Waals surface area contributed by atoms with Crippen molar-refractivity contribution in [2.24, 2.45) is 0 Å². The Hall–Kier alpha value is -2.74. The Balaban J connectivity index is 1.65. The Kier molecular flexibility index (Phi) is 5.55. The molecule has 2 N–H and O–H groups in total. The number of hydrogen-bond acceptors (Lipinski definition) is 6. The van der Waals surface area contributed by atoms with Crippen LogP contribution in [0.5, 0.6) is 0 Å². The Morgan fingerprint density at radius 1 is 1.30 bits per heavy atom. The molecule has 0 unspecified atom stereocenters. The summed E-state index contributed by atoms with van der Waals surface area (Å²) < 4.78 is 5.74. The number of nitrogens with one attached hydrogen (secondary N) is 2. The van der Waals surface area contributed by atoms with Crippen LogP contribution in [0.4, 0.5) is 11.5 Å². The van der Waals surface area contributed by atoms with E-state index in [1.54, 1.807) is 20.0 Å². The van der Waals surface area contributed by atoms with Gasteiger partial charge in [-0.15, -0.1) is 0 Å². The van der Waals surface area contributed by atoms with Gasteiger partial charge < -0.3 is 19.9 Å². The molecule has 0 saturated carbocycles. The van der Waals surface area contributed by atoms with Crippen LogP contribution in [0.25, 0.3) is 0 Å². The molecule has 8 nitrogen and oxygen atoms in total. The fourth-order valence-corrected chi connectivity index (χ4v) is 3.34. The van der Waals surface area contributed by atoms with Gasteiger partial charge in [-0.3, -0.25) is 9.59 Å². The Morgan fingerprint density at radius 2 is 2.00 bits per heavy atom. The number of morpholine rings is 1. The molecule has 144 valence electrons. The third-order valence-electron chi connectivity index (χ3n) is 4.45. The summed E-state index contributed by atoms with van der Waals surface area (Å²) in [6, 6.07) is 3.70. The van der Waals surface area contributed by atoms with Gasteiger partial charge in [0.1, 0.15) is 11.6 Å². The van der Waals surface area contributed by atoms with Crippen LogP contribution < -0.4 is 15.8 Å². The van der Waals surface area contributed by atoms with Crippen LogP contribution in [0, 0.1) is 13.8 Å². The zero-order chi connectivity index (χ0) is 19.6. The molecule has 1 fully saturated rings. The molecule has 1 aliphatic rings. The van der Waals surface area contributed by atoms with Crippen LogP contribution in [-0.2, 0) is 16.0 Å². The smallest absolute Gasteiger partial charge is 0.254 e. The van der Waals surface area contributed by atoms with Gasteiger partial charge in [-0.1, -0.05) is 0 Å². The molecule has 1 aliphatic heterocycles. The first-order chi connectivity index (χ1) is 12.8. The first-order valence-corrected chi connectivity index (χ1v) is 9.04. The van der Waals surface area contributed by atoms with E-state index in [0.29, 0.717) is 22.8 Å². The van der Waals surface area contributed by atoms with Crippen molar-refractivity contribution in [1.82, 2.24) is 15.0 Å². The number of amides is 1. The third-order valence-corrected chi connectivity index (χ3v) is 4.45. The predicted octanol–water partition coefficient (Wildman–Crippen LogP) is 1.58. The molecule has 0 spiro atoms. The Morgan fingerprint density at radius 3 is 2.59 bits per heavy atom. The van der Waals surface area contributed by atoms with E-state index in [2.05, 4.69) is 25.2 Å². The predicted molar refractivity (Wildman–Crippen MR) is 103 cm³/mol. The summed E-state index contributed by atoms with van der Waals surface area (Å²) in [6.07, 6.45) is 1.90. The molecule has 2 aromatic heterocycles. The van der Waals surface area contributed by atoms with Crippen molar-refractivity contribution in [1.29, 1.82) is 0 Å². The molecular weight excluding hydrogens is 346 g/mol. The lowest BCUT2D eigenvalue weighted by atomic mass is 10.1. The zero-order valence-electron chi connectivity index (χ0n) is 16.1. The van der Waals surface area contributed by atoms with Gasteiger partial charge in [-0.05, 0) is 39.8 Å². The van der Waals surface area contributed by atoms with Gasteiger partial charge in [-0.25, -0.2) is 9.97 Å². The molecule has 2 aromatic rings. The number of pyridine rings is 1. The summed E-state index contributed by atoms with van der Waals surface area (Å²) in [7, 11) is 0. The monoisotopic (exact) mass is 371 g/mol. The number of carbonyl (C=O) groups excluding carboxylic acids is 1.